The normalized spacial score (nSPS) is 12.8. The van der Waals surface area contributed by atoms with Gasteiger partial charge in [0.25, 0.3) is 0 Å². The highest BCUT2D eigenvalue weighted by molar-refractivity contribution is 7.57. The van der Waals surface area contributed by atoms with Crippen molar-refractivity contribution < 1.29 is 0 Å². The van der Waals surface area contributed by atoms with Crippen LogP contribution in [-0.2, 0) is 0 Å². The third-order valence-corrected chi connectivity index (χ3v) is 6.88. The summed E-state index contributed by atoms with van der Waals surface area (Å²) in [6.07, 6.45) is 13.9. The predicted octanol–water partition coefficient (Wildman–Crippen LogP) is 6.22. The molecule has 0 aliphatic carbocycles. The summed E-state index contributed by atoms with van der Waals surface area (Å²) in [5.41, 5.74) is 1.03. The Hall–Kier alpha value is -0.130. The van der Waals surface area contributed by atoms with Gasteiger partial charge in [0.2, 0.25) is 0 Å². The van der Waals surface area contributed by atoms with E-state index in [1.807, 2.05) is 24.4 Å². The molecule has 0 aromatic carbocycles. The first kappa shape index (κ1) is 17.9. The first-order chi connectivity index (χ1) is 9.77. The van der Waals surface area contributed by atoms with Crippen molar-refractivity contribution in [2.75, 3.05) is 18.5 Å². The van der Waals surface area contributed by atoms with Gasteiger partial charge in [0.1, 0.15) is 0 Å². The van der Waals surface area contributed by atoms with Gasteiger partial charge in [-0.05, 0) is 56.3 Å². The third kappa shape index (κ3) is 7.60. The Morgan fingerprint density at radius 1 is 1.05 bits per heavy atom. The molecule has 1 unspecified atom stereocenters. The lowest BCUT2D eigenvalue weighted by molar-refractivity contribution is 0.751. The molecule has 0 aliphatic heterocycles. The van der Waals surface area contributed by atoms with E-state index in [2.05, 4.69) is 18.8 Å². The maximum atomic E-state index is 6.44. The molecule has 1 heterocycles. The fourth-order valence-electron chi connectivity index (χ4n) is 2.30. The van der Waals surface area contributed by atoms with Crippen molar-refractivity contribution in [1.82, 2.24) is 4.98 Å². The zero-order chi connectivity index (χ0) is 14.6. The number of nitrogens with zero attached hydrogens (tertiary/aromatic N) is 1. The van der Waals surface area contributed by atoms with Crippen molar-refractivity contribution in [2.45, 2.75) is 57.7 Å². The van der Waals surface area contributed by atoms with Crippen LogP contribution in [0.15, 0.2) is 24.4 Å². The first-order valence-electron chi connectivity index (χ1n) is 8.05. The van der Waals surface area contributed by atoms with Gasteiger partial charge in [-0.1, -0.05) is 32.8 Å². The quantitative estimate of drug-likeness (QED) is 0.349. The molecule has 0 fully saturated rings. The number of hydrogen-bond acceptors (Lipinski definition) is 1. The number of pyridine rings is 1. The van der Waals surface area contributed by atoms with Gasteiger partial charge >= 0.3 is 0 Å². The maximum Gasteiger partial charge on any atom is 0.0757 e. The number of halogens is 1. The summed E-state index contributed by atoms with van der Waals surface area (Å²) < 4.78 is 0. The minimum absolute atomic E-state index is 0.0883. The molecule has 0 N–H and O–H groups in total. The molecule has 20 heavy (non-hydrogen) atoms. The second kappa shape index (κ2) is 11.5. The van der Waals surface area contributed by atoms with E-state index >= 15 is 0 Å². The predicted molar refractivity (Wildman–Crippen MR) is 93.4 cm³/mol. The van der Waals surface area contributed by atoms with Crippen molar-refractivity contribution in [1.29, 1.82) is 0 Å². The number of hydrogen-bond donors (Lipinski definition) is 0. The monoisotopic (exact) mass is 313 g/mol. The van der Waals surface area contributed by atoms with E-state index in [0.717, 1.165) is 12.1 Å². The Bertz CT molecular complexity index is 323. The van der Waals surface area contributed by atoms with Crippen LogP contribution in [0, 0.1) is 0 Å². The van der Waals surface area contributed by atoms with E-state index in [9.17, 15) is 0 Å². The van der Waals surface area contributed by atoms with Crippen LogP contribution in [0.25, 0.3) is 0 Å². The fourth-order valence-corrected chi connectivity index (χ4v) is 5.41. The first-order valence-corrected chi connectivity index (χ1v) is 10.4. The van der Waals surface area contributed by atoms with Crippen LogP contribution < -0.4 is 0 Å². The molecule has 1 atom stereocenters. The topological polar surface area (TPSA) is 12.9 Å². The van der Waals surface area contributed by atoms with E-state index in [0.29, 0.717) is 0 Å². The van der Waals surface area contributed by atoms with Gasteiger partial charge < -0.3 is 0 Å². The van der Waals surface area contributed by atoms with Gasteiger partial charge in [-0.15, -0.1) is 19.5 Å². The van der Waals surface area contributed by atoms with Crippen LogP contribution >= 0.6 is 19.5 Å². The Labute approximate surface area is 131 Å². The molecule has 1 nitrogen and oxygen atoms in total. The molecule has 0 amide bonds. The highest BCUT2D eigenvalue weighted by Gasteiger charge is 2.11. The second-order valence-electron chi connectivity index (χ2n) is 5.41. The van der Waals surface area contributed by atoms with E-state index in [-0.39, 0.29) is 13.3 Å². The lowest BCUT2D eigenvalue weighted by Gasteiger charge is -2.18. The lowest BCUT2D eigenvalue weighted by atomic mass is 10.2. The van der Waals surface area contributed by atoms with Gasteiger partial charge in [0, 0.05) is 6.20 Å². The minimum Gasteiger partial charge on any atom is -0.260 e. The number of unbranched alkanes of at least 4 members (excludes halogenated alkanes) is 2. The molecule has 0 saturated heterocycles. The molecule has 0 aliphatic rings. The molecular weight excluding hydrogens is 285 g/mol. The van der Waals surface area contributed by atoms with Gasteiger partial charge in [-0.25, -0.2) is 0 Å². The average Bonchev–Trinajstić information content (AvgIpc) is 2.50. The second-order valence-corrected chi connectivity index (χ2v) is 8.62. The van der Waals surface area contributed by atoms with E-state index in [1.54, 1.807) is 0 Å². The number of rotatable bonds is 11. The van der Waals surface area contributed by atoms with Crippen molar-refractivity contribution in [2.24, 2.45) is 0 Å². The number of aromatic nitrogens is 1. The average molecular weight is 314 g/mol. The van der Waals surface area contributed by atoms with Crippen LogP contribution in [0.4, 0.5) is 0 Å². The highest BCUT2D eigenvalue weighted by Crippen LogP contribution is 2.39. The highest BCUT2D eigenvalue weighted by atomic mass is 35.5. The summed E-state index contributed by atoms with van der Waals surface area (Å²) in [6, 6.07) is 6.00. The van der Waals surface area contributed by atoms with Crippen LogP contribution in [0.2, 0.25) is 0 Å². The summed E-state index contributed by atoms with van der Waals surface area (Å²) in [7, 11) is 0.249. The molecular formula is C17H29ClNP. The van der Waals surface area contributed by atoms with Crippen LogP contribution in [0.5, 0.6) is 0 Å². The molecule has 0 spiro atoms. The Morgan fingerprint density at radius 2 is 1.70 bits per heavy atom. The molecule has 0 radical (unpaired) electrons. The Kier molecular flexibility index (Phi) is 10.3. The van der Waals surface area contributed by atoms with E-state index < -0.39 is 0 Å². The summed E-state index contributed by atoms with van der Waals surface area (Å²) >= 11 is 6.44. The third-order valence-electron chi connectivity index (χ3n) is 3.60. The molecule has 114 valence electrons. The van der Waals surface area contributed by atoms with Gasteiger partial charge in [-0.3, -0.25) is 4.98 Å². The van der Waals surface area contributed by atoms with Gasteiger partial charge in [0.05, 0.1) is 11.1 Å². The molecule has 1 aromatic heterocycles. The lowest BCUT2D eigenvalue weighted by Crippen LogP contribution is -1.99. The molecule has 3 heteroatoms. The maximum absolute atomic E-state index is 6.44. The van der Waals surface area contributed by atoms with Crippen molar-refractivity contribution >= 4 is 19.5 Å². The van der Waals surface area contributed by atoms with Crippen LogP contribution in [0.1, 0.15) is 63.4 Å². The zero-order valence-corrected chi connectivity index (χ0v) is 14.7. The Balaban J connectivity index is 2.28. The molecule has 0 saturated carbocycles. The smallest absolute Gasteiger partial charge is 0.0757 e. The van der Waals surface area contributed by atoms with Crippen molar-refractivity contribution in [3.63, 3.8) is 0 Å². The molecule has 1 aromatic rings. The van der Waals surface area contributed by atoms with Gasteiger partial charge in [-0.2, -0.15) is 0 Å². The summed E-state index contributed by atoms with van der Waals surface area (Å²) in [6.45, 7) is 4.59. The SMILES string of the molecule is CCCCP(CCCC)CCCC(Cl)c1ccccn1. The van der Waals surface area contributed by atoms with Gasteiger partial charge in [0.15, 0.2) is 0 Å². The molecule has 1 rings (SSSR count). The van der Waals surface area contributed by atoms with Crippen molar-refractivity contribution in [3.8, 4) is 0 Å². The molecule has 0 bridgehead atoms. The van der Waals surface area contributed by atoms with E-state index in [1.165, 1.54) is 50.6 Å². The zero-order valence-electron chi connectivity index (χ0n) is 13.0. The number of alkyl halides is 1. The minimum atomic E-state index is 0.0883. The van der Waals surface area contributed by atoms with E-state index in [4.69, 9.17) is 11.6 Å². The van der Waals surface area contributed by atoms with Crippen LogP contribution in [-0.4, -0.2) is 23.5 Å². The summed E-state index contributed by atoms with van der Waals surface area (Å²) in [4.78, 5) is 4.35. The fraction of sp³-hybridized carbons (Fsp3) is 0.706. The Morgan fingerprint density at radius 3 is 2.25 bits per heavy atom. The largest absolute Gasteiger partial charge is 0.260 e. The summed E-state index contributed by atoms with van der Waals surface area (Å²) in [5.74, 6) is 0. The standard InChI is InChI=1S/C17H29ClNP/c1-3-5-13-20(14-6-4-2)15-9-10-16(18)17-11-7-8-12-19-17/h7-8,11-12,16H,3-6,9-10,13-15H2,1-2H3. The summed E-state index contributed by atoms with van der Waals surface area (Å²) in [5, 5.41) is 0.0883. The van der Waals surface area contributed by atoms with Crippen LogP contribution in [0.3, 0.4) is 0 Å². The van der Waals surface area contributed by atoms with Crippen molar-refractivity contribution in [3.05, 3.63) is 30.1 Å².